The number of nitrogens with one attached hydrogen (secondary N) is 2. The molecule has 1 saturated heterocycles. The van der Waals surface area contributed by atoms with E-state index in [1.807, 2.05) is 23.1 Å². The van der Waals surface area contributed by atoms with E-state index >= 15 is 0 Å². The fourth-order valence-corrected chi connectivity index (χ4v) is 4.14. The quantitative estimate of drug-likeness (QED) is 0.458. The van der Waals surface area contributed by atoms with Gasteiger partial charge in [0.05, 0.1) is 6.04 Å². The third kappa shape index (κ3) is 7.15. The van der Waals surface area contributed by atoms with Crippen molar-refractivity contribution in [1.29, 1.82) is 0 Å². The Morgan fingerprint density at radius 2 is 1.83 bits per heavy atom. The van der Waals surface area contributed by atoms with Crippen molar-refractivity contribution in [3.8, 4) is 0 Å². The SMILES string of the molecule is CCN(CC)C(CNC(=NC)NCCN1CCN(C(C)=O)CC1)c1ccccc1Cl. The minimum atomic E-state index is 0.165. The molecule has 0 aliphatic carbocycles. The molecule has 1 atom stereocenters. The topological polar surface area (TPSA) is 63.2 Å². The zero-order valence-corrected chi connectivity index (χ0v) is 19.6. The van der Waals surface area contributed by atoms with Crippen LogP contribution in [0.1, 0.15) is 32.4 Å². The van der Waals surface area contributed by atoms with E-state index < -0.39 is 0 Å². The summed E-state index contributed by atoms with van der Waals surface area (Å²) in [6.07, 6.45) is 0. The van der Waals surface area contributed by atoms with Crippen LogP contribution in [0, 0.1) is 0 Å². The Hall–Kier alpha value is -1.83. The lowest BCUT2D eigenvalue weighted by Gasteiger charge is -2.34. The van der Waals surface area contributed by atoms with Crippen LogP contribution in [0.15, 0.2) is 29.3 Å². The molecule has 0 aromatic heterocycles. The van der Waals surface area contributed by atoms with Gasteiger partial charge < -0.3 is 15.5 Å². The highest BCUT2D eigenvalue weighted by molar-refractivity contribution is 6.31. The van der Waals surface area contributed by atoms with E-state index in [0.29, 0.717) is 0 Å². The highest BCUT2D eigenvalue weighted by Gasteiger charge is 2.21. The number of halogens is 1. The Morgan fingerprint density at radius 3 is 2.40 bits per heavy atom. The van der Waals surface area contributed by atoms with Gasteiger partial charge in [0, 0.05) is 64.8 Å². The normalized spacial score (nSPS) is 16.6. The fraction of sp³-hybridized carbons (Fsp3) is 0.636. The third-order valence-corrected chi connectivity index (χ3v) is 6.09. The molecule has 1 unspecified atom stereocenters. The molecule has 168 valence electrons. The summed E-state index contributed by atoms with van der Waals surface area (Å²) in [4.78, 5) is 22.5. The van der Waals surface area contributed by atoms with Gasteiger partial charge in [0.1, 0.15) is 0 Å². The highest BCUT2D eigenvalue weighted by Crippen LogP contribution is 2.26. The first-order valence-electron chi connectivity index (χ1n) is 10.9. The number of nitrogens with zero attached hydrogens (tertiary/aromatic N) is 4. The second-order valence-corrected chi connectivity index (χ2v) is 7.89. The maximum atomic E-state index is 11.4. The number of benzene rings is 1. The third-order valence-electron chi connectivity index (χ3n) is 5.74. The van der Waals surface area contributed by atoms with Crippen LogP contribution in [0.2, 0.25) is 5.02 Å². The molecule has 1 amide bonds. The molecule has 2 rings (SSSR count). The van der Waals surface area contributed by atoms with Crippen LogP contribution in [-0.2, 0) is 4.79 Å². The van der Waals surface area contributed by atoms with Crippen LogP contribution >= 0.6 is 11.6 Å². The summed E-state index contributed by atoms with van der Waals surface area (Å²) in [6, 6.07) is 8.23. The molecule has 1 aliphatic heterocycles. The summed E-state index contributed by atoms with van der Waals surface area (Å²) >= 11 is 6.50. The van der Waals surface area contributed by atoms with Crippen molar-refractivity contribution < 1.29 is 4.79 Å². The Balaban J connectivity index is 1.85. The van der Waals surface area contributed by atoms with Crippen molar-refractivity contribution in [3.05, 3.63) is 34.9 Å². The molecule has 0 radical (unpaired) electrons. The molecule has 1 fully saturated rings. The average Bonchev–Trinajstić information content (AvgIpc) is 2.76. The lowest BCUT2D eigenvalue weighted by atomic mass is 10.0. The van der Waals surface area contributed by atoms with Gasteiger partial charge in [-0.1, -0.05) is 43.6 Å². The van der Waals surface area contributed by atoms with E-state index in [9.17, 15) is 4.79 Å². The summed E-state index contributed by atoms with van der Waals surface area (Å²) in [5, 5.41) is 7.68. The van der Waals surface area contributed by atoms with Crippen molar-refractivity contribution in [1.82, 2.24) is 25.3 Å². The number of hydrogen-bond acceptors (Lipinski definition) is 4. The van der Waals surface area contributed by atoms with Gasteiger partial charge in [-0.3, -0.25) is 19.6 Å². The molecule has 1 aromatic carbocycles. The Labute approximate surface area is 186 Å². The molecule has 1 heterocycles. The monoisotopic (exact) mass is 436 g/mol. The largest absolute Gasteiger partial charge is 0.355 e. The summed E-state index contributed by atoms with van der Waals surface area (Å²) < 4.78 is 0. The molecular formula is C22H37ClN6O. The van der Waals surface area contributed by atoms with E-state index in [4.69, 9.17) is 11.6 Å². The molecule has 1 aromatic rings. The van der Waals surface area contributed by atoms with Gasteiger partial charge in [-0.2, -0.15) is 0 Å². The summed E-state index contributed by atoms with van der Waals surface area (Å²) in [6.45, 7) is 13.8. The molecule has 1 aliphatic rings. The second kappa shape index (κ2) is 12.8. The standard InChI is InChI=1S/C22H37ClN6O/c1-5-28(6-2)21(19-9-7-8-10-20(19)23)17-26-22(24-4)25-11-12-27-13-15-29(16-14-27)18(3)30/h7-10,21H,5-6,11-17H2,1-4H3,(H2,24,25,26). The van der Waals surface area contributed by atoms with E-state index in [-0.39, 0.29) is 11.9 Å². The van der Waals surface area contributed by atoms with Gasteiger partial charge in [-0.05, 0) is 24.7 Å². The predicted octanol–water partition coefficient (Wildman–Crippen LogP) is 2.05. The van der Waals surface area contributed by atoms with E-state index in [2.05, 4.69) is 45.3 Å². The molecule has 7 nitrogen and oxygen atoms in total. The minimum absolute atomic E-state index is 0.165. The van der Waals surface area contributed by atoms with Gasteiger partial charge >= 0.3 is 0 Å². The highest BCUT2D eigenvalue weighted by atomic mass is 35.5. The number of aliphatic imine (C=N–C) groups is 1. The molecule has 0 spiro atoms. The summed E-state index contributed by atoms with van der Waals surface area (Å²) in [5.41, 5.74) is 1.13. The minimum Gasteiger partial charge on any atom is -0.355 e. The second-order valence-electron chi connectivity index (χ2n) is 7.49. The van der Waals surface area contributed by atoms with Crippen LogP contribution in [0.25, 0.3) is 0 Å². The van der Waals surface area contributed by atoms with E-state index in [0.717, 1.165) is 75.4 Å². The zero-order valence-electron chi connectivity index (χ0n) is 18.8. The van der Waals surface area contributed by atoms with Crippen LogP contribution in [0.3, 0.4) is 0 Å². The van der Waals surface area contributed by atoms with Gasteiger partial charge in [0.2, 0.25) is 5.91 Å². The molecule has 0 bridgehead atoms. The number of likely N-dealkylation sites (N-methyl/N-ethyl adjacent to an activating group) is 1. The zero-order chi connectivity index (χ0) is 21.9. The van der Waals surface area contributed by atoms with Crippen molar-refractivity contribution in [2.45, 2.75) is 26.8 Å². The average molecular weight is 437 g/mol. The molecule has 30 heavy (non-hydrogen) atoms. The smallest absolute Gasteiger partial charge is 0.219 e. The Kier molecular flexibility index (Phi) is 10.4. The molecule has 2 N–H and O–H groups in total. The van der Waals surface area contributed by atoms with E-state index in [1.54, 1.807) is 14.0 Å². The lowest BCUT2D eigenvalue weighted by Crippen LogP contribution is -2.50. The predicted molar refractivity (Wildman–Crippen MR) is 125 cm³/mol. The molecular weight excluding hydrogens is 400 g/mol. The van der Waals surface area contributed by atoms with Crippen molar-refractivity contribution in [2.24, 2.45) is 4.99 Å². The summed E-state index contributed by atoms with van der Waals surface area (Å²) in [5.74, 6) is 0.959. The number of amides is 1. The summed E-state index contributed by atoms with van der Waals surface area (Å²) in [7, 11) is 1.79. The Bertz CT molecular complexity index is 686. The number of rotatable bonds is 9. The van der Waals surface area contributed by atoms with Crippen molar-refractivity contribution >= 4 is 23.5 Å². The molecule has 0 saturated carbocycles. The number of carbonyl (C=O) groups excluding carboxylic acids is 1. The molecule has 8 heteroatoms. The number of guanidine groups is 1. The first-order chi connectivity index (χ1) is 14.5. The lowest BCUT2D eigenvalue weighted by molar-refractivity contribution is -0.130. The fourth-order valence-electron chi connectivity index (χ4n) is 3.88. The number of hydrogen-bond donors (Lipinski definition) is 2. The van der Waals surface area contributed by atoms with Crippen LogP contribution in [0.5, 0.6) is 0 Å². The maximum Gasteiger partial charge on any atom is 0.219 e. The van der Waals surface area contributed by atoms with Gasteiger partial charge in [0.15, 0.2) is 5.96 Å². The van der Waals surface area contributed by atoms with Crippen LogP contribution < -0.4 is 10.6 Å². The van der Waals surface area contributed by atoms with Crippen molar-refractivity contribution in [3.63, 3.8) is 0 Å². The van der Waals surface area contributed by atoms with Gasteiger partial charge in [-0.15, -0.1) is 0 Å². The first-order valence-corrected chi connectivity index (χ1v) is 11.3. The van der Waals surface area contributed by atoms with Crippen LogP contribution in [0.4, 0.5) is 0 Å². The Morgan fingerprint density at radius 1 is 1.17 bits per heavy atom. The van der Waals surface area contributed by atoms with Crippen molar-refractivity contribution in [2.75, 3.05) is 66.0 Å². The van der Waals surface area contributed by atoms with Gasteiger partial charge in [0.25, 0.3) is 0 Å². The van der Waals surface area contributed by atoms with Crippen LogP contribution in [-0.4, -0.2) is 92.5 Å². The van der Waals surface area contributed by atoms with E-state index in [1.165, 1.54) is 0 Å². The van der Waals surface area contributed by atoms with Gasteiger partial charge in [-0.25, -0.2) is 0 Å². The number of piperazine rings is 1. The maximum absolute atomic E-state index is 11.4. The number of carbonyl (C=O) groups is 1. The first kappa shape index (κ1) is 24.4.